The van der Waals surface area contributed by atoms with E-state index in [1.54, 1.807) is 0 Å². The number of aliphatic hydroxyl groups is 1. The van der Waals surface area contributed by atoms with Crippen molar-refractivity contribution in [1.82, 2.24) is 0 Å². The normalized spacial score (nSPS) is 37.5. The Labute approximate surface area is 147 Å². The van der Waals surface area contributed by atoms with Crippen molar-refractivity contribution < 1.29 is 18.8 Å². The van der Waals surface area contributed by atoms with Gasteiger partial charge >= 0.3 is 5.97 Å². The molecule has 2 aliphatic carbocycles. The Hall–Kier alpha value is -1.20. The van der Waals surface area contributed by atoms with Gasteiger partial charge in [-0.25, -0.2) is 4.79 Å². The highest BCUT2D eigenvalue weighted by molar-refractivity contribution is 7.87. The van der Waals surface area contributed by atoms with Crippen LogP contribution in [0.5, 0.6) is 0 Å². The highest BCUT2D eigenvalue weighted by Gasteiger charge is 2.48. The van der Waals surface area contributed by atoms with E-state index in [-0.39, 0.29) is 23.4 Å². The van der Waals surface area contributed by atoms with Gasteiger partial charge in [-0.1, -0.05) is 37.6 Å². The Morgan fingerprint density at radius 2 is 2.21 bits per heavy atom. The summed E-state index contributed by atoms with van der Waals surface area (Å²) < 4.78 is 16.7. The summed E-state index contributed by atoms with van der Waals surface area (Å²) in [6, 6.07) is 0. The number of esters is 1. The highest BCUT2D eigenvalue weighted by atomic mass is 32.2. The molecule has 0 heterocycles. The average molecular weight is 352 g/mol. The number of carbonyl (C=O) groups excluding carboxylic acids is 1. The van der Waals surface area contributed by atoms with Crippen molar-refractivity contribution in [3.05, 3.63) is 35.3 Å². The average Bonchev–Trinajstić information content (AvgIpc) is 2.49. The van der Waals surface area contributed by atoms with Crippen LogP contribution in [-0.4, -0.2) is 33.7 Å². The van der Waals surface area contributed by atoms with Crippen LogP contribution < -0.4 is 0 Å². The minimum Gasteiger partial charge on any atom is -0.459 e. The van der Waals surface area contributed by atoms with E-state index in [1.807, 2.05) is 13.0 Å². The molecule has 1 N–H and O–H groups in total. The second-order valence-corrected chi connectivity index (χ2v) is 8.63. The Bertz CT molecular complexity index is 606. The van der Waals surface area contributed by atoms with Crippen molar-refractivity contribution in [2.24, 2.45) is 17.3 Å². The summed E-state index contributed by atoms with van der Waals surface area (Å²) in [4.78, 5) is 11.9. The molecule has 1 fully saturated rings. The molecule has 0 bridgehead atoms. The zero-order valence-corrected chi connectivity index (χ0v) is 15.8. The smallest absolute Gasteiger partial charge is 0.331 e. The standard InChI is InChI=1S/C19H28O4S/c1-12(2)15-11-19(4)13(3)17(7-6-14(19)10-16(15)20)23-18(21)8-9-24(5)22/h8-10,13,15-17,20H,1,6-7,11H2,2-5H3/b9-8-/t13-,15-,16+,17+,19+,24?/m0/s1. The van der Waals surface area contributed by atoms with Crippen molar-refractivity contribution in [2.45, 2.75) is 52.2 Å². The predicted octanol–water partition coefficient (Wildman–Crippen LogP) is 3.11. The van der Waals surface area contributed by atoms with E-state index in [1.165, 1.54) is 23.3 Å². The van der Waals surface area contributed by atoms with Crippen LogP contribution in [0.25, 0.3) is 0 Å². The fraction of sp³-hybridized carbons (Fsp3) is 0.632. The van der Waals surface area contributed by atoms with Gasteiger partial charge in [-0.05, 0) is 31.6 Å². The van der Waals surface area contributed by atoms with E-state index >= 15 is 0 Å². The van der Waals surface area contributed by atoms with Gasteiger partial charge < -0.3 is 9.84 Å². The van der Waals surface area contributed by atoms with Gasteiger partial charge in [-0.15, -0.1) is 0 Å². The largest absolute Gasteiger partial charge is 0.459 e. The molecule has 2 rings (SSSR count). The zero-order valence-electron chi connectivity index (χ0n) is 15.0. The molecular weight excluding hydrogens is 324 g/mol. The van der Waals surface area contributed by atoms with Gasteiger partial charge in [0.25, 0.3) is 0 Å². The molecule has 4 nitrogen and oxygen atoms in total. The summed E-state index contributed by atoms with van der Waals surface area (Å²) >= 11 is 0. The molecule has 0 aromatic heterocycles. The molecule has 6 atom stereocenters. The highest BCUT2D eigenvalue weighted by Crippen LogP contribution is 2.53. The number of allylic oxidation sites excluding steroid dienone is 1. The van der Waals surface area contributed by atoms with Crippen LogP contribution >= 0.6 is 0 Å². The molecular formula is C19H28O4S. The Balaban J connectivity index is 2.17. The summed E-state index contributed by atoms with van der Waals surface area (Å²) in [5, 5.41) is 11.7. The molecule has 1 unspecified atom stereocenters. The van der Waals surface area contributed by atoms with Gasteiger partial charge in [0.15, 0.2) is 0 Å². The number of rotatable bonds is 4. The molecule has 134 valence electrons. The maximum Gasteiger partial charge on any atom is 0.331 e. The van der Waals surface area contributed by atoms with E-state index in [9.17, 15) is 14.1 Å². The molecule has 2 aliphatic rings. The van der Waals surface area contributed by atoms with Crippen molar-refractivity contribution in [3.8, 4) is 0 Å². The summed E-state index contributed by atoms with van der Waals surface area (Å²) in [5.74, 6) is -0.250. The predicted molar refractivity (Wildman–Crippen MR) is 96.6 cm³/mol. The molecule has 0 spiro atoms. The van der Waals surface area contributed by atoms with Crippen molar-refractivity contribution in [1.29, 1.82) is 0 Å². The van der Waals surface area contributed by atoms with E-state index in [4.69, 9.17) is 4.74 Å². The van der Waals surface area contributed by atoms with Gasteiger partial charge in [-0.3, -0.25) is 4.21 Å². The molecule has 0 aromatic carbocycles. The first kappa shape index (κ1) is 19.1. The molecule has 0 radical (unpaired) electrons. The third-order valence-electron chi connectivity index (χ3n) is 5.72. The Morgan fingerprint density at radius 1 is 1.54 bits per heavy atom. The lowest BCUT2D eigenvalue weighted by molar-refractivity contribution is -0.150. The van der Waals surface area contributed by atoms with Crippen LogP contribution in [0.4, 0.5) is 0 Å². The Morgan fingerprint density at radius 3 is 2.79 bits per heavy atom. The molecule has 1 saturated carbocycles. The topological polar surface area (TPSA) is 63.6 Å². The SMILES string of the molecule is C=C(C)[C@@H]1C[C@@]2(C)C(=C[C@H]1O)CC[C@@H](OC(=O)/C=C\S(C)=O)[C@@H]2C. The summed E-state index contributed by atoms with van der Waals surface area (Å²) in [6.07, 6.45) is 6.49. The molecule has 0 aromatic rings. The molecule has 5 heteroatoms. The molecule has 0 amide bonds. The van der Waals surface area contributed by atoms with Crippen LogP contribution in [0, 0.1) is 17.3 Å². The van der Waals surface area contributed by atoms with Crippen molar-refractivity contribution in [3.63, 3.8) is 0 Å². The van der Waals surface area contributed by atoms with Gasteiger partial charge in [0.05, 0.1) is 6.10 Å². The summed E-state index contributed by atoms with van der Waals surface area (Å²) in [6.45, 7) is 10.3. The van der Waals surface area contributed by atoms with Crippen LogP contribution in [-0.2, 0) is 20.3 Å². The second kappa shape index (κ2) is 7.36. The van der Waals surface area contributed by atoms with Crippen LogP contribution in [0.15, 0.2) is 35.3 Å². The van der Waals surface area contributed by atoms with Crippen LogP contribution in [0.3, 0.4) is 0 Å². The second-order valence-electron chi connectivity index (χ2n) is 7.36. The number of hydrogen-bond acceptors (Lipinski definition) is 4. The van der Waals surface area contributed by atoms with Gasteiger partial charge in [0.1, 0.15) is 6.10 Å². The molecule has 0 saturated heterocycles. The lowest BCUT2D eigenvalue weighted by Crippen LogP contribution is -2.47. The third-order valence-corrected chi connectivity index (χ3v) is 6.24. The van der Waals surface area contributed by atoms with Crippen molar-refractivity contribution in [2.75, 3.05) is 6.26 Å². The number of ether oxygens (including phenoxy) is 1. The maximum absolute atomic E-state index is 11.9. The first-order valence-electron chi connectivity index (χ1n) is 8.41. The summed E-state index contributed by atoms with van der Waals surface area (Å²) in [7, 11) is -1.16. The summed E-state index contributed by atoms with van der Waals surface area (Å²) in [5.41, 5.74) is 2.14. The monoisotopic (exact) mass is 352 g/mol. The van der Waals surface area contributed by atoms with E-state index < -0.39 is 22.9 Å². The van der Waals surface area contributed by atoms with Crippen molar-refractivity contribution >= 4 is 16.8 Å². The minimum absolute atomic E-state index is 0.0399. The minimum atomic E-state index is -1.16. The number of aliphatic hydroxyl groups excluding tert-OH is 1. The zero-order chi connectivity index (χ0) is 18.1. The third kappa shape index (κ3) is 3.89. The number of fused-ring (bicyclic) bond motifs is 1. The van der Waals surface area contributed by atoms with E-state index in [0.29, 0.717) is 0 Å². The van der Waals surface area contributed by atoms with E-state index in [2.05, 4.69) is 20.4 Å². The van der Waals surface area contributed by atoms with Gasteiger partial charge in [0, 0.05) is 40.4 Å². The van der Waals surface area contributed by atoms with E-state index in [0.717, 1.165) is 24.8 Å². The Kier molecular flexibility index (Phi) is 5.87. The molecule has 24 heavy (non-hydrogen) atoms. The van der Waals surface area contributed by atoms with Crippen LogP contribution in [0.1, 0.15) is 40.0 Å². The lowest BCUT2D eigenvalue weighted by atomic mass is 9.56. The number of carbonyl (C=O) groups is 1. The fourth-order valence-corrected chi connectivity index (χ4v) is 4.30. The molecule has 0 aliphatic heterocycles. The lowest BCUT2D eigenvalue weighted by Gasteiger charge is -2.50. The quantitative estimate of drug-likeness (QED) is 0.480. The number of hydrogen-bond donors (Lipinski definition) is 1. The fourth-order valence-electron chi connectivity index (χ4n) is 3.99. The first-order valence-corrected chi connectivity index (χ1v) is 10.0. The van der Waals surface area contributed by atoms with Gasteiger partial charge in [-0.2, -0.15) is 0 Å². The van der Waals surface area contributed by atoms with Crippen LogP contribution in [0.2, 0.25) is 0 Å². The maximum atomic E-state index is 11.9. The first-order chi connectivity index (χ1) is 11.1. The van der Waals surface area contributed by atoms with Gasteiger partial charge in [0.2, 0.25) is 0 Å².